The van der Waals surface area contributed by atoms with Gasteiger partial charge in [0.15, 0.2) is 5.82 Å². The molecule has 3 aromatic heterocycles. The summed E-state index contributed by atoms with van der Waals surface area (Å²) < 4.78 is 0. The summed E-state index contributed by atoms with van der Waals surface area (Å²) in [6, 6.07) is 3.78. The average Bonchev–Trinajstić information content (AvgIpc) is 2.71. The minimum absolute atomic E-state index is 0.490. The fourth-order valence-electron chi connectivity index (χ4n) is 4.62. The first-order valence-corrected chi connectivity index (χ1v) is 10.8. The van der Waals surface area contributed by atoms with Crippen LogP contribution in [-0.2, 0) is 6.42 Å². The number of anilines is 1. The zero-order valence-electron chi connectivity index (χ0n) is 16.8. The minimum Gasteiger partial charge on any atom is -0.384 e. The number of aromatic nitrogens is 4. The van der Waals surface area contributed by atoms with E-state index in [0.29, 0.717) is 11.7 Å². The fourth-order valence-corrected chi connectivity index (χ4v) is 4.62. The van der Waals surface area contributed by atoms with Crippen molar-refractivity contribution in [2.75, 3.05) is 18.8 Å². The maximum absolute atomic E-state index is 5.91. The van der Waals surface area contributed by atoms with E-state index in [4.69, 9.17) is 15.7 Å². The van der Waals surface area contributed by atoms with E-state index in [9.17, 15) is 0 Å². The molecular formula is C23H28N6. The molecule has 4 heterocycles. The summed E-state index contributed by atoms with van der Waals surface area (Å²) in [5.41, 5.74) is 10.3. The molecule has 2 aliphatic rings. The fraction of sp³-hybridized carbons (Fsp3) is 0.478. The normalized spacial score (nSPS) is 18.1. The van der Waals surface area contributed by atoms with Crippen molar-refractivity contribution in [2.45, 2.75) is 50.9 Å². The van der Waals surface area contributed by atoms with Crippen LogP contribution in [0.4, 0.5) is 5.82 Å². The summed E-state index contributed by atoms with van der Waals surface area (Å²) in [5.74, 6) is 2.59. The molecule has 150 valence electrons. The van der Waals surface area contributed by atoms with Crippen molar-refractivity contribution in [1.29, 1.82) is 0 Å². The second-order valence-corrected chi connectivity index (χ2v) is 8.45. The summed E-state index contributed by atoms with van der Waals surface area (Å²) in [6.07, 6.45) is 14.1. The number of nitrogens with one attached hydrogen (secondary N) is 1. The van der Waals surface area contributed by atoms with Crippen LogP contribution in [0.15, 0.2) is 30.7 Å². The molecule has 1 aliphatic heterocycles. The number of nitrogens with two attached hydrogens (primary N) is 1. The lowest BCUT2D eigenvalue weighted by Crippen LogP contribution is -2.28. The van der Waals surface area contributed by atoms with Crippen molar-refractivity contribution in [3.8, 4) is 11.4 Å². The van der Waals surface area contributed by atoms with Gasteiger partial charge in [-0.25, -0.2) is 15.0 Å². The SMILES string of the molecule is Nc1cc(-c2nc(CCC3CCNCC3)c3c(C4CCC4)cncc3n2)ccn1. The van der Waals surface area contributed by atoms with Gasteiger partial charge in [0, 0.05) is 23.3 Å². The second kappa shape index (κ2) is 8.03. The molecule has 1 aliphatic carbocycles. The molecule has 6 nitrogen and oxygen atoms in total. The number of hydrogen-bond acceptors (Lipinski definition) is 6. The van der Waals surface area contributed by atoms with E-state index in [1.807, 2.05) is 24.5 Å². The molecule has 0 aromatic carbocycles. The molecule has 3 N–H and O–H groups in total. The molecular weight excluding hydrogens is 360 g/mol. The van der Waals surface area contributed by atoms with E-state index >= 15 is 0 Å². The molecule has 0 radical (unpaired) electrons. The molecule has 0 spiro atoms. The first-order chi connectivity index (χ1) is 14.3. The summed E-state index contributed by atoms with van der Waals surface area (Å²) >= 11 is 0. The lowest BCUT2D eigenvalue weighted by Gasteiger charge is -2.27. The first-order valence-electron chi connectivity index (χ1n) is 10.8. The van der Waals surface area contributed by atoms with E-state index in [1.165, 1.54) is 55.2 Å². The van der Waals surface area contributed by atoms with Crippen molar-refractivity contribution in [3.05, 3.63) is 42.0 Å². The maximum atomic E-state index is 5.91. The van der Waals surface area contributed by atoms with Gasteiger partial charge in [0.1, 0.15) is 5.82 Å². The first kappa shape index (κ1) is 18.4. The van der Waals surface area contributed by atoms with Gasteiger partial charge in [0.2, 0.25) is 0 Å². The minimum atomic E-state index is 0.490. The molecule has 3 aromatic rings. The van der Waals surface area contributed by atoms with Crippen LogP contribution >= 0.6 is 0 Å². The van der Waals surface area contributed by atoms with Gasteiger partial charge in [-0.3, -0.25) is 4.98 Å². The van der Waals surface area contributed by atoms with E-state index < -0.39 is 0 Å². The molecule has 1 saturated heterocycles. The van der Waals surface area contributed by atoms with Crippen LogP contribution in [0, 0.1) is 5.92 Å². The number of pyridine rings is 2. The number of fused-ring (bicyclic) bond motifs is 1. The summed E-state index contributed by atoms with van der Waals surface area (Å²) in [7, 11) is 0. The summed E-state index contributed by atoms with van der Waals surface area (Å²) in [4.78, 5) is 18.6. The molecule has 29 heavy (non-hydrogen) atoms. The van der Waals surface area contributed by atoms with Gasteiger partial charge >= 0.3 is 0 Å². The van der Waals surface area contributed by atoms with Gasteiger partial charge in [-0.1, -0.05) is 6.42 Å². The monoisotopic (exact) mass is 388 g/mol. The molecule has 2 fully saturated rings. The molecule has 0 atom stereocenters. The molecule has 0 amide bonds. The van der Waals surface area contributed by atoms with Gasteiger partial charge in [0.25, 0.3) is 0 Å². The van der Waals surface area contributed by atoms with Gasteiger partial charge in [-0.15, -0.1) is 0 Å². The van der Waals surface area contributed by atoms with Gasteiger partial charge in [-0.05, 0) is 81.1 Å². The van der Waals surface area contributed by atoms with Crippen molar-refractivity contribution >= 4 is 16.7 Å². The van der Waals surface area contributed by atoms with Crippen LogP contribution in [-0.4, -0.2) is 33.0 Å². The Kier molecular flexibility index (Phi) is 5.10. The quantitative estimate of drug-likeness (QED) is 0.690. The van der Waals surface area contributed by atoms with Crippen molar-refractivity contribution < 1.29 is 0 Å². The molecule has 0 unspecified atom stereocenters. The Morgan fingerprint density at radius 2 is 1.93 bits per heavy atom. The molecule has 5 rings (SSSR count). The topological polar surface area (TPSA) is 89.6 Å². The Balaban J connectivity index is 1.57. The van der Waals surface area contributed by atoms with Gasteiger partial charge in [-0.2, -0.15) is 0 Å². The van der Waals surface area contributed by atoms with Crippen molar-refractivity contribution in [1.82, 2.24) is 25.3 Å². The lowest BCUT2D eigenvalue weighted by molar-refractivity contribution is 0.353. The second-order valence-electron chi connectivity index (χ2n) is 8.45. The number of hydrogen-bond donors (Lipinski definition) is 2. The number of piperidine rings is 1. The number of nitrogen functional groups attached to an aromatic ring is 1. The summed E-state index contributed by atoms with van der Waals surface area (Å²) in [5, 5.41) is 4.71. The number of nitrogens with zero attached hydrogens (tertiary/aromatic N) is 4. The van der Waals surface area contributed by atoms with E-state index in [1.54, 1.807) is 6.20 Å². The Morgan fingerprint density at radius 3 is 2.69 bits per heavy atom. The van der Waals surface area contributed by atoms with Crippen LogP contribution in [0.25, 0.3) is 22.3 Å². The highest BCUT2D eigenvalue weighted by atomic mass is 14.9. The molecule has 1 saturated carbocycles. The number of rotatable bonds is 5. The third kappa shape index (κ3) is 3.81. The standard InChI is InChI=1S/C23H28N6/c24-21-12-17(8-11-27-21)23-28-19(5-4-15-6-9-25-10-7-15)22-18(16-2-1-3-16)13-26-14-20(22)29-23/h8,11-16,25H,1-7,9-10H2,(H2,24,27). The van der Waals surface area contributed by atoms with Crippen LogP contribution in [0.5, 0.6) is 0 Å². The molecule has 0 bridgehead atoms. The van der Waals surface area contributed by atoms with E-state index in [2.05, 4.69) is 15.3 Å². The molecule has 6 heteroatoms. The number of aryl methyl sites for hydroxylation is 1. The highest BCUT2D eigenvalue weighted by molar-refractivity contribution is 5.86. The van der Waals surface area contributed by atoms with Crippen LogP contribution in [0.3, 0.4) is 0 Å². The van der Waals surface area contributed by atoms with E-state index in [0.717, 1.165) is 42.3 Å². The predicted octanol–water partition coefficient (Wildman–Crippen LogP) is 3.87. The zero-order chi connectivity index (χ0) is 19.6. The van der Waals surface area contributed by atoms with Gasteiger partial charge in [0.05, 0.1) is 17.4 Å². The predicted molar refractivity (Wildman–Crippen MR) is 115 cm³/mol. The third-order valence-corrected chi connectivity index (χ3v) is 6.54. The van der Waals surface area contributed by atoms with Crippen LogP contribution < -0.4 is 11.1 Å². The van der Waals surface area contributed by atoms with Gasteiger partial charge < -0.3 is 11.1 Å². The smallest absolute Gasteiger partial charge is 0.160 e. The lowest BCUT2D eigenvalue weighted by atomic mass is 9.79. The zero-order valence-corrected chi connectivity index (χ0v) is 16.8. The van der Waals surface area contributed by atoms with Crippen molar-refractivity contribution in [3.63, 3.8) is 0 Å². The third-order valence-electron chi connectivity index (χ3n) is 6.54. The Hall–Kier alpha value is -2.60. The highest BCUT2D eigenvalue weighted by Gasteiger charge is 2.25. The van der Waals surface area contributed by atoms with Crippen molar-refractivity contribution in [2.24, 2.45) is 5.92 Å². The largest absolute Gasteiger partial charge is 0.384 e. The van der Waals surface area contributed by atoms with Crippen LogP contribution in [0.1, 0.15) is 55.7 Å². The average molecular weight is 389 g/mol. The Bertz CT molecular complexity index is 1010. The maximum Gasteiger partial charge on any atom is 0.160 e. The van der Waals surface area contributed by atoms with Crippen LogP contribution in [0.2, 0.25) is 0 Å². The van der Waals surface area contributed by atoms with E-state index in [-0.39, 0.29) is 0 Å². The summed E-state index contributed by atoms with van der Waals surface area (Å²) in [6.45, 7) is 2.27. The Labute approximate surface area is 171 Å². The highest BCUT2D eigenvalue weighted by Crippen LogP contribution is 2.40. The Morgan fingerprint density at radius 1 is 1.07 bits per heavy atom.